The van der Waals surface area contributed by atoms with Crippen molar-refractivity contribution < 1.29 is 4.79 Å². The van der Waals surface area contributed by atoms with Crippen molar-refractivity contribution in [1.29, 1.82) is 0 Å². The van der Waals surface area contributed by atoms with Gasteiger partial charge < -0.3 is 4.90 Å². The second-order valence-electron chi connectivity index (χ2n) is 4.77. The second kappa shape index (κ2) is 6.19. The van der Waals surface area contributed by atoms with Crippen LogP contribution in [0.25, 0.3) is 0 Å². The van der Waals surface area contributed by atoms with Gasteiger partial charge in [-0.2, -0.15) is 0 Å². The molecule has 0 aliphatic rings. The number of benzene rings is 2. The molecule has 0 aliphatic heterocycles. The third-order valence-corrected chi connectivity index (χ3v) is 3.27. The number of nitrogens with zero attached hydrogens (tertiary/aromatic N) is 1. The first-order valence-electron chi connectivity index (χ1n) is 6.54. The van der Waals surface area contributed by atoms with Crippen LogP contribution in [0.3, 0.4) is 0 Å². The number of carbonyl (C=O) groups excluding carboxylic acids is 1. The highest BCUT2D eigenvalue weighted by Crippen LogP contribution is 2.13. The first kappa shape index (κ1) is 13.3. The summed E-state index contributed by atoms with van der Waals surface area (Å²) in [6.07, 6.45) is 1.32. The predicted molar refractivity (Wildman–Crippen MR) is 79.4 cm³/mol. The minimum atomic E-state index is 0.145. The van der Waals surface area contributed by atoms with E-state index >= 15 is 0 Å². The fraction of sp³-hybridized carbons (Fsp3) is 0.235. The summed E-state index contributed by atoms with van der Waals surface area (Å²) in [5.74, 6) is 0.145. The van der Waals surface area contributed by atoms with E-state index in [9.17, 15) is 4.79 Å². The molecule has 1 amide bonds. The van der Waals surface area contributed by atoms with Crippen molar-refractivity contribution in [2.45, 2.75) is 19.8 Å². The van der Waals surface area contributed by atoms with Crippen LogP contribution in [-0.4, -0.2) is 13.0 Å². The molecule has 0 aromatic heterocycles. The van der Waals surface area contributed by atoms with Crippen molar-refractivity contribution in [3.05, 3.63) is 65.7 Å². The molecule has 2 heteroatoms. The number of para-hydroxylation sites is 1. The molecular formula is C17H19NO. The summed E-state index contributed by atoms with van der Waals surface area (Å²) in [5, 5.41) is 0. The molecule has 0 unspecified atom stereocenters. The first-order valence-corrected chi connectivity index (χ1v) is 6.54. The number of rotatable bonds is 4. The Labute approximate surface area is 114 Å². The van der Waals surface area contributed by atoms with Crippen molar-refractivity contribution in [1.82, 2.24) is 0 Å². The van der Waals surface area contributed by atoms with Gasteiger partial charge in [-0.25, -0.2) is 0 Å². The van der Waals surface area contributed by atoms with Gasteiger partial charge in [0.25, 0.3) is 0 Å². The SMILES string of the molecule is Cc1ccc(CCC(=O)N(C)c2ccccc2)cc1. The zero-order valence-electron chi connectivity index (χ0n) is 11.5. The third-order valence-electron chi connectivity index (χ3n) is 3.27. The number of carbonyl (C=O) groups is 1. The zero-order valence-corrected chi connectivity index (χ0v) is 11.5. The van der Waals surface area contributed by atoms with Crippen molar-refractivity contribution in [2.24, 2.45) is 0 Å². The molecule has 0 aliphatic carbocycles. The van der Waals surface area contributed by atoms with E-state index in [0.29, 0.717) is 6.42 Å². The highest BCUT2D eigenvalue weighted by atomic mass is 16.2. The second-order valence-corrected chi connectivity index (χ2v) is 4.77. The van der Waals surface area contributed by atoms with Crippen molar-refractivity contribution in [2.75, 3.05) is 11.9 Å². The molecule has 0 bridgehead atoms. The van der Waals surface area contributed by atoms with Crippen LogP contribution < -0.4 is 4.90 Å². The smallest absolute Gasteiger partial charge is 0.227 e. The number of aryl methyl sites for hydroxylation is 2. The Kier molecular flexibility index (Phi) is 4.35. The van der Waals surface area contributed by atoms with Crippen LogP contribution in [0.5, 0.6) is 0 Å². The van der Waals surface area contributed by atoms with Crippen molar-refractivity contribution in [3.8, 4) is 0 Å². The molecule has 98 valence electrons. The van der Waals surface area contributed by atoms with Gasteiger partial charge in [-0.1, -0.05) is 48.0 Å². The maximum absolute atomic E-state index is 12.1. The van der Waals surface area contributed by atoms with Gasteiger partial charge in [0.1, 0.15) is 0 Å². The lowest BCUT2D eigenvalue weighted by atomic mass is 10.1. The maximum atomic E-state index is 12.1. The predicted octanol–water partition coefficient (Wildman–Crippen LogP) is 3.59. The third kappa shape index (κ3) is 3.68. The average molecular weight is 253 g/mol. The molecule has 0 saturated heterocycles. The minimum Gasteiger partial charge on any atom is -0.315 e. The molecule has 19 heavy (non-hydrogen) atoms. The van der Waals surface area contributed by atoms with Crippen LogP contribution in [0.4, 0.5) is 5.69 Å². The Morgan fingerprint density at radius 2 is 1.63 bits per heavy atom. The van der Waals surface area contributed by atoms with Gasteiger partial charge in [-0.15, -0.1) is 0 Å². The number of amides is 1. The molecule has 0 spiro atoms. The van der Waals surface area contributed by atoms with Crippen molar-refractivity contribution >= 4 is 11.6 Å². The van der Waals surface area contributed by atoms with E-state index in [0.717, 1.165) is 12.1 Å². The van der Waals surface area contributed by atoms with Crippen LogP contribution in [0.15, 0.2) is 54.6 Å². The summed E-state index contributed by atoms with van der Waals surface area (Å²) in [4.78, 5) is 13.8. The summed E-state index contributed by atoms with van der Waals surface area (Å²) in [6, 6.07) is 18.1. The summed E-state index contributed by atoms with van der Waals surface area (Å²) in [6.45, 7) is 2.07. The molecule has 0 radical (unpaired) electrons. The Morgan fingerprint density at radius 1 is 1.00 bits per heavy atom. The number of hydrogen-bond acceptors (Lipinski definition) is 1. The average Bonchev–Trinajstić information content (AvgIpc) is 2.46. The number of anilines is 1. The van der Waals surface area contributed by atoms with Crippen LogP contribution in [-0.2, 0) is 11.2 Å². The van der Waals surface area contributed by atoms with Crippen LogP contribution >= 0.6 is 0 Å². The summed E-state index contributed by atoms with van der Waals surface area (Å²) < 4.78 is 0. The topological polar surface area (TPSA) is 20.3 Å². The van der Waals surface area contributed by atoms with Gasteiger partial charge in [0.15, 0.2) is 0 Å². The standard InChI is InChI=1S/C17H19NO/c1-14-8-10-15(11-9-14)12-13-17(19)18(2)16-6-4-3-5-7-16/h3-11H,12-13H2,1-2H3. The summed E-state index contributed by atoms with van der Waals surface area (Å²) in [7, 11) is 1.83. The van der Waals surface area contributed by atoms with Crippen LogP contribution in [0.1, 0.15) is 17.5 Å². The normalized spacial score (nSPS) is 10.2. The summed E-state index contributed by atoms with van der Waals surface area (Å²) in [5.41, 5.74) is 3.40. The lowest BCUT2D eigenvalue weighted by molar-refractivity contribution is -0.118. The Morgan fingerprint density at radius 3 is 2.26 bits per heavy atom. The lowest BCUT2D eigenvalue weighted by Crippen LogP contribution is -2.26. The largest absolute Gasteiger partial charge is 0.315 e. The molecule has 2 aromatic carbocycles. The molecule has 2 rings (SSSR count). The highest BCUT2D eigenvalue weighted by molar-refractivity contribution is 5.92. The fourth-order valence-electron chi connectivity index (χ4n) is 1.97. The van der Waals surface area contributed by atoms with E-state index in [1.54, 1.807) is 4.90 Å². The van der Waals surface area contributed by atoms with E-state index < -0.39 is 0 Å². The highest BCUT2D eigenvalue weighted by Gasteiger charge is 2.10. The van der Waals surface area contributed by atoms with E-state index in [-0.39, 0.29) is 5.91 Å². The number of hydrogen-bond donors (Lipinski definition) is 0. The van der Waals surface area contributed by atoms with Gasteiger partial charge in [0.2, 0.25) is 5.91 Å². The minimum absolute atomic E-state index is 0.145. The molecule has 0 saturated carbocycles. The molecular weight excluding hydrogens is 234 g/mol. The van der Waals surface area contributed by atoms with Gasteiger partial charge in [0.05, 0.1) is 0 Å². The maximum Gasteiger partial charge on any atom is 0.227 e. The van der Waals surface area contributed by atoms with Gasteiger partial charge in [-0.3, -0.25) is 4.79 Å². The molecule has 2 aromatic rings. The summed E-state index contributed by atoms with van der Waals surface area (Å²) >= 11 is 0. The fourth-order valence-corrected chi connectivity index (χ4v) is 1.97. The molecule has 0 atom stereocenters. The van der Waals surface area contributed by atoms with Crippen molar-refractivity contribution in [3.63, 3.8) is 0 Å². The van der Waals surface area contributed by atoms with E-state index in [1.807, 2.05) is 37.4 Å². The lowest BCUT2D eigenvalue weighted by Gasteiger charge is -2.17. The van der Waals surface area contributed by atoms with E-state index in [2.05, 4.69) is 31.2 Å². The van der Waals surface area contributed by atoms with Crippen LogP contribution in [0, 0.1) is 6.92 Å². The molecule has 0 N–H and O–H groups in total. The van der Waals surface area contributed by atoms with E-state index in [4.69, 9.17) is 0 Å². The van der Waals surface area contributed by atoms with E-state index in [1.165, 1.54) is 11.1 Å². The van der Waals surface area contributed by atoms with Gasteiger partial charge >= 0.3 is 0 Å². The molecule has 0 fully saturated rings. The van der Waals surface area contributed by atoms with Gasteiger partial charge in [-0.05, 0) is 31.0 Å². The Bertz CT molecular complexity index is 531. The van der Waals surface area contributed by atoms with Gasteiger partial charge in [0, 0.05) is 19.2 Å². The molecule has 2 nitrogen and oxygen atoms in total. The molecule has 0 heterocycles. The quantitative estimate of drug-likeness (QED) is 0.815. The Hall–Kier alpha value is -2.09. The zero-order chi connectivity index (χ0) is 13.7. The first-order chi connectivity index (χ1) is 9.16. The monoisotopic (exact) mass is 253 g/mol. The Balaban J connectivity index is 1.93. The van der Waals surface area contributed by atoms with Crippen LogP contribution in [0.2, 0.25) is 0 Å².